The van der Waals surface area contributed by atoms with Gasteiger partial charge in [0, 0.05) is 0 Å². The average molecular weight is 335 g/mol. The van der Waals surface area contributed by atoms with E-state index in [0.29, 0.717) is 4.31 Å². The number of hydrogen-bond acceptors (Lipinski definition) is 4. The molecule has 0 aromatic heterocycles. The van der Waals surface area contributed by atoms with Gasteiger partial charge in [0.15, 0.2) is 0 Å². The van der Waals surface area contributed by atoms with Crippen LogP contribution in [0.5, 0.6) is 0 Å². The Morgan fingerprint density at radius 1 is 1.17 bits per heavy atom. The van der Waals surface area contributed by atoms with Crippen molar-refractivity contribution in [3.05, 3.63) is 59.9 Å². The van der Waals surface area contributed by atoms with E-state index in [0.717, 1.165) is 17.7 Å². The summed E-state index contributed by atoms with van der Waals surface area (Å²) in [5.41, 5.74) is 5.99. The van der Waals surface area contributed by atoms with E-state index in [1.807, 2.05) is 6.07 Å². The predicted molar refractivity (Wildman–Crippen MR) is 82.4 cm³/mol. The number of anilines is 1. The van der Waals surface area contributed by atoms with Crippen LogP contribution >= 0.6 is 0 Å². The van der Waals surface area contributed by atoms with Gasteiger partial charge in [-0.2, -0.15) is 0 Å². The van der Waals surface area contributed by atoms with Gasteiger partial charge in [-0.3, -0.25) is 0 Å². The van der Waals surface area contributed by atoms with E-state index >= 15 is 0 Å². The molecule has 0 aliphatic carbocycles. The molecule has 0 bridgehead atoms. The van der Waals surface area contributed by atoms with Crippen LogP contribution in [0.3, 0.4) is 0 Å². The van der Waals surface area contributed by atoms with E-state index in [9.17, 15) is 17.6 Å². The number of nitrogens with one attached hydrogen (secondary N) is 1. The molecule has 1 aliphatic rings. The van der Waals surface area contributed by atoms with E-state index in [1.54, 1.807) is 24.3 Å². The van der Waals surface area contributed by atoms with E-state index < -0.39 is 27.9 Å². The third-order valence-electron chi connectivity index (χ3n) is 3.63. The SMILES string of the molecule is Nc1ccc(S(=O)(=O)N2C[C@H](c3ccccc3)NC2=O)cc1F. The zero-order chi connectivity index (χ0) is 16.6. The molecule has 1 saturated heterocycles. The molecule has 0 spiro atoms. The smallest absolute Gasteiger partial charge is 0.331 e. The van der Waals surface area contributed by atoms with Gasteiger partial charge in [-0.1, -0.05) is 30.3 Å². The summed E-state index contributed by atoms with van der Waals surface area (Å²) in [4.78, 5) is 11.7. The fraction of sp³-hybridized carbons (Fsp3) is 0.133. The number of nitrogens with zero attached hydrogens (tertiary/aromatic N) is 1. The molecule has 3 rings (SSSR count). The molecule has 23 heavy (non-hydrogen) atoms. The maximum atomic E-state index is 13.5. The Balaban J connectivity index is 1.91. The number of halogens is 1. The minimum atomic E-state index is -4.14. The summed E-state index contributed by atoms with van der Waals surface area (Å²) in [7, 11) is -4.14. The lowest BCUT2D eigenvalue weighted by molar-refractivity contribution is 0.235. The lowest BCUT2D eigenvalue weighted by Crippen LogP contribution is -2.34. The van der Waals surface area contributed by atoms with Gasteiger partial charge in [0.1, 0.15) is 5.82 Å². The molecule has 2 aromatic rings. The van der Waals surface area contributed by atoms with Crippen LogP contribution in [-0.2, 0) is 10.0 Å². The number of rotatable bonds is 3. The first-order chi connectivity index (χ1) is 10.9. The molecule has 0 unspecified atom stereocenters. The fourth-order valence-electron chi connectivity index (χ4n) is 2.39. The van der Waals surface area contributed by atoms with Crippen LogP contribution in [0, 0.1) is 5.82 Å². The maximum Gasteiger partial charge on any atom is 0.331 e. The molecule has 8 heteroatoms. The predicted octanol–water partition coefficient (Wildman–Crippen LogP) is 1.86. The molecule has 3 N–H and O–H groups in total. The maximum absolute atomic E-state index is 13.5. The molecule has 1 fully saturated rings. The number of carbonyl (C=O) groups excluding carboxylic acids is 1. The van der Waals surface area contributed by atoms with Gasteiger partial charge in [-0.25, -0.2) is 21.9 Å². The minimum absolute atomic E-state index is 0.0584. The third kappa shape index (κ3) is 2.72. The summed E-state index contributed by atoms with van der Waals surface area (Å²) in [5.74, 6) is -0.842. The van der Waals surface area contributed by atoms with Crippen LogP contribution in [0.1, 0.15) is 11.6 Å². The highest BCUT2D eigenvalue weighted by Gasteiger charge is 2.38. The van der Waals surface area contributed by atoms with Gasteiger partial charge in [0.25, 0.3) is 10.0 Å². The van der Waals surface area contributed by atoms with Gasteiger partial charge in [-0.15, -0.1) is 0 Å². The first-order valence-corrected chi connectivity index (χ1v) is 8.27. The molecule has 120 valence electrons. The Kier molecular flexibility index (Phi) is 3.69. The fourth-order valence-corrected chi connectivity index (χ4v) is 3.76. The van der Waals surface area contributed by atoms with Crippen LogP contribution in [0.25, 0.3) is 0 Å². The van der Waals surface area contributed by atoms with Crippen molar-refractivity contribution in [3.8, 4) is 0 Å². The molecule has 1 heterocycles. The average Bonchev–Trinajstić information content (AvgIpc) is 2.93. The second-order valence-corrected chi connectivity index (χ2v) is 6.99. The third-order valence-corrected chi connectivity index (χ3v) is 5.38. The minimum Gasteiger partial charge on any atom is -0.396 e. The lowest BCUT2D eigenvalue weighted by Gasteiger charge is -2.15. The molecule has 1 aliphatic heterocycles. The highest BCUT2D eigenvalue weighted by Crippen LogP contribution is 2.27. The van der Waals surface area contributed by atoms with Crippen molar-refractivity contribution in [1.29, 1.82) is 0 Å². The second kappa shape index (κ2) is 5.54. The first-order valence-electron chi connectivity index (χ1n) is 6.83. The standard InChI is InChI=1S/C15H14FN3O3S/c16-12-8-11(6-7-13(12)17)23(21,22)19-9-14(18-15(19)20)10-4-2-1-3-5-10/h1-8,14H,9,17H2,(H,18,20)/t14-/m1/s1. The van der Waals surface area contributed by atoms with Crippen LogP contribution in [0.4, 0.5) is 14.9 Å². The summed E-state index contributed by atoms with van der Waals surface area (Å²) in [5, 5.41) is 2.61. The number of sulfonamides is 1. The van der Waals surface area contributed by atoms with Gasteiger partial charge < -0.3 is 11.1 Å². The molecular weight excluding hydrogens is 321 g/mol. The number of benzene rings is 2. The Labute approximate surface area is 132 Å². The Hall–Kier alpha value is -2.61. The molecule has 2 aromatic carbocycles. The van der Waals surface area contributed by atoms with Crippen molar-refractivity contribution >= 4 is 21.7 Å². The van der Waals surface area contributed by atoms with Crippen LogP contribution < -0.4 is 11.1 Å². The van der Waals surface area contributed by atoms with E-state index in [2.05, 4.69) is 5.32 Å². The number of carbonyl (C=O) groups is 1. The number of hydrogen-bond donors (Lipinski definition) is 2. The number of amides is 2. The van der Waals surface area contributed by atoms with Crippen LogP contribution in [-0.4, -0.2) is 25.3 Å². The molecule has 6 nitrogen and oxygen atoms in total. The Bertz CT molecular complexity index is 856. The largest absolute Gasteiger partial charge is 0.396 e. The van der Waals surface area contributed by atoms with Gasteiger partial charge in [0.2, 0.25) is 0 Å². The van der Waals surface area contributed by atoms with Gasteiger partial charge in [-0.05, 0) is 23.8 Å². The normalized spacial score (nSPS) is 18.0. The highest BCUT2D eigenvalue weighted by molar-refractivity contribution is 7.89. The summed E-state index contributed by atoms with van der Waals surface area (Å²) in [6.45, 7) is -0.0584. The van der Waals surface area contributed by atoms with Crippen molar-refractivity contribution in [2.24, 2.45) is 0 Å². The van der Waals surface area contributed by atoms with E-state index in [-0.39, 0.29) is 17.1 Å². The Morgan fingerprint density at radius 2 is 1.87 bits per heavy atom. The monoisotopic (exact) mass is 335 g/mol. The molecule has 1 atom stereocenters. The zero-order valence-corrected chi connectivity index (χ0v) is 12.8. The van der Waals surface area contributed by atoms with Crippen molar-refractivity contribution in [2.45, 2.75) is 10.9 Å². The number of nitrogen functional groups attached to an aromatic ring is 1. The van der Waals surface area contributed by atoms with Crippen molar-refractivity contribution in [2.75, 3.05) is 12.3 Å². The van der Waals surface area contributed by atoms with Crippen molar-refractivity contribution in [1.82, 2.24) is 9.62 Å². The summed E-state index contributed by atoms with van der Waals surface area (Å²) < 4.78 is 39.3. The van der Waals surface area contributed by atoms with E-state index in [1.165, 1.54) is 6.07 Å². The lowest BCUT2D eigenvalue weighted by atomic mass is 10.1. The van der Waals surface area contributed by atoms with Gasteiger partial charge >= 0.3 is 6.03 Å². The number of urea groups is 1. The first kappa shape index (κ1) is 15.3. The van der Waals surface area contributed by atoms with Crippen LogP contribution in [0.15, 0.2) is 53.4 Å². The Morgan fingerprint density at radius 3 is 2.52 bits per heavy atom. The quantitative estimate of drug-likeness (QED) is 0.838. The van der Waals surface area contributed by atoms with Crippen molar-refractivity contribution in [3.63, 3.8) is 0 Å². The molecular formula is C15H14FN3O3S. The van der Waals surface area contributed by atoms with Crippen molar-refractivity contribution < 1.29 is 17.6 Å². The topological polar surface area (TPSA) is 92.5 Å². The molecule has 2 amide bonds. The van der Waals surface area contributed by atoms with Crippen LogP contribution in [0.2, 0.25) is 0 Å². The highest BCUT2D eigenvalue weighted by atomic mass is 32.2. The molecule has 0 radical (unpaired) electrons. The number of nitrogens with two attached hydrogens (primary N) is 1. The van der Waals surface area contributed by atoms with Gasteiger partial charge in [0.05, 0.1) is 23.2 Å². The zero-order valence-electron chi connectivity index (χ0n) is 11.9. The molecule has 0 saturated carbocycles. The summed E-state index contributed by atoms with van der Waals surface area (Å²) in [6.07, 6.45) is 0. The summed E-state index contributed by atoms with van der Waals surface area (Å²) in [6, 6.07) is 11.0. The second-order valence-electron chi connectivity index (χ2n) is 5.13. The van der Waals surface area contributed by atoms with E-state index in [4.69, 9.17) is 5.73 Å². The summed E-state index contributed by atoms with van der Waals surface area (Å²) >= 11 is 0.